The minimum absolute atomic E-state index is 0.0764. The Hall–Kier alpha value is -3.39. The predicted molar refractivity (Wildman–Crippen MR) is 130 cm³/mol. The van der Waals surface area contributed by atoms with Gasteiger partial charge in [0.25, 0.3) is 0 Å². The molecule has 0 saturated carbocycles. The molecule has 1 aliphatic rings. The Balaban J connectivity index is 1.88. The maximum Gasteiger partial charge on any atom is 0.416 e. The molecule has 9 heteroatoms. The Labute approximate surface area is 205 Å². The van der Waals surface area contributed by atoms with Gasteiger partial charge in [0.05, 0.1) is 22.8 Å². The van der Waals surface area contributed by atoms with Gasteiger partial charge in [-0.3, -0.25) is 4.98 Å². The highest BCUT2D eigenvalue weighted by Crippen LogP contribution is 2.39. The zero-order valence-electron chi connectivity index (χ0n) is 18.8. The van der Waals surface area contributed by atoms with Gasteiger partial charge in [-0.15, -0.1) is 0 Å². The summed E-state index contributed by atoms with van der Waals surface area (Å²) in [6.45, 7) is 2.23. The molecular formula is C26H23ClF4N4. The molecule has 0 saturated heterocycles. The molecule has 1 aromatic heterocycles. The van der Waals surface area contributed by atoms with Crippen LogP contribution < -0.4 is 10.6 Å². The summed E-state index contributed by atoms with van der Waals surface area (Å²) < 4.78 is 55.6. The number of para-hydroxylation sites is 1. The standard InChI is InChI=1S/C26H23ClF4N4/c1-2-3-6-11-25(23-10-9-20(27)16-32-23,18-12-19(26(29,30)31)14-21(28)13-18)35-24-33-15-17-7-4-5-8-22(17)34-24/h2-5,7-10,12-14,16H,6,11,15H2,1H3,(H2,33,34,35)/b3-2-. The summed E-state index contributed by atoms with van der Waals surface area (Å²) in [6, 6.07) is 13.4. The van der Waals surface area contributed by atoms with Crippen LogP contribution in [0.25, 0.3) is 0 Å². The quantitative estimate of drug-likeness (QED) is 0.280. The molecule has 0 aliphatic carbocycles. The fourth-order valence-electron chi connectivity index (χ4n) is 4.10. The maximum absolute atomic E-state index is 14.6. The summed E-state index contributed by atoms with van der Waals surface area (Å²) in [5.41, 5.74) is -0.160. The van der Waals surface area contributed by atoms with E-state index in [2.05, 4.69) is 20.6 Å². The van der Waals surface area contributed by atoms with Crippen molar-refractivity contribution in [3.63, 3.8) is 0 Å². The molecule has 182 valence electrons. The number of fused-ring (bicyclic) bond motifs is 1. The van der Waals surface area contributed by atoms with Gasteiger partial charge in [0.2, 0.25) is 0 Å². The smallest absolute Gasteiger partial charge is 0.341 e. The molecule has 2 N–H and O–H groups in total. The van der Waals surface area contributed by atoms with Crippen molar-refractivity contribution in [2.45, 2.75) is 38.0 Å². The van der Waals surface area contributed by atoms with Crippen LogP contribution in [0.2, 0.25) is 5.02 Å². The van der Waals surface area contributed by atoms with Gasteiger partial charge in [0.1, 0.15) is 11.4 Å². The lowest BCUT2D eigenvalue weighted by Gasteiger charge is -2.37. The highest BCUT2D eigenvalue weighted by atomic mass is 35.5. The van der Waals surface area contributed by atoms with Crippen LogP contribution in [-0.4, -0.2) is 10.9 Å². The van der Waals surface area contributed by atoms with Crippen LogP contribution >= 0.6 is 11.6 Å². The van der Waals surface area contributed by atoms with Crippen LogP contribution in [-0.2, 0) is 18.3 Å². The van der Waals surface area contributed by atoms with Crippen LogP contribution in [0.1, 0.15) is 42.1 Å². The van der Waals surface area contributed by atoms with Gasteiger partial charge in [-0.2, -0.15) is 13.2 Å². The van der Waals surface area contributed by atoms with E-state index in [9.17, 15) is 17.6 Å². The van der Waals surface area contributed by atoms with Gasteiger partial charge < -0.3 is 10.6 Å². The van der Waals surface area contributed by atoms with Crippen LogP contribution in [0.4, 0.5) is 23.2 Å². The summed E-state index contributed by atoms with van der Waals surface area (Å²) >= 11 is 6.05. The molecule has 4 rings (SSSR count). The Morgan fingerprint density at radius 2 is 1.86 bits per heavy atom. The van der Waals surface area contributed by atoms with Crippen LogP contribution in [0, 0.1) is 5.82 Å². The number of aliphatic imine (C=N–C) groups is 1. The summed E-state index contributed by atoms with van der Waals surface area (Å²) in [6.07, 6.45) is 1.18. The highest BCUT2D eigenvalue weighted by molar-refractivity contribution is 6.30. The van der Waals surface area contributed by atoms with Crippen LogP contribution in [0.15, 0.2) is 77.9 Å². The molecule has 1 atom stereocenters. The van der Waals surface area contributed by atoms with Crippen molar-refractivity contribution in [3.05, 3.63) is 106 Å². The fourth-order valence-corrected chi connectivity index (χ4v) is 4.21. The van der Waals surface area contributed by atoms with E-state index in [1.165, 1.54) is 6.20 Å². The lowest BCUT2D eigenvalue weighted by atomic mass is 9.81. The van der Waals surface area contributed by atoms with E-state index in [1.54, 1.807) is 12.1 Å². The SMILES string of the molecule is C/C=C\CCC(NC1=NCc2ccccc2N1)(c1cc(F)cc(C(F)(F)F)c1)c1ccc(Cl)cn1. The number of pyridine rings is 1. The van der Waals surface area contributed by atoms with Crippen molar-refractivity contribution in [1.29, 1.82) is 0 Å². The molecule has 4 nitrogen and oxygen atoms in total. The van der Waals surface area contributed by atoms with E-state index in [-0.39, 0.29) is 12.0 Å². The van der Waals surface area contributed by atoms with Gasteiger partial charge in [0.15, 0.2) is 5.96 Å². The molecular weight excluding hydrogens is 480 g/mol. The monoisotopic (exact) mass is 502 g/mol. The number of alkyl halides is 3. The average Bonchev–Trinajstić information content (AvgIpc) is 2.83. The summed E-state index contributed by atoms with van der Waals surface area (Å²) in [5, 5.41) is 6.87. The molecule has 3 aromatic rings. The van der Waals surface area contributed by atoms with E-state index in [1.807, 2.05) is 43.3 Å². The third-order valence-corrected chi connectivity index (χ3v) is 6.04. The number of rotatable bonds is 6. The molecule has 0 bridgehead atoms. The second-order valence-electron chi connectivity index (χ2n) is 8.17. The van der Waals surface area contributed by atoms with Crippen molar-refractivity contribution in [2.75, 3.05) is 5.32 Å². The van der Waals surface area contributed by atoms with Gasteiger partial charge in [-0.25, -0.2) is 9.38 Å². The summed E-state index contributed by atoms with van der Waals surface area (Å²) in [4.78, 5) is 8.98. The number of nitrogens with zero attached hydrogens (tertiary/aromatic N) is 2. The molecule has 2 aromatic carbocycles. The topological polar surface area (TPSA) is 49.3 Å². The first-order valence-electron chi connectivity index (χ1n) is 11.0. The number of nitrogens with one attached hydrogen (secondary N) is 2. The number of hydrogen-bond acceptors (Lipinski definition) is 4. The number of hydrogen-bond donors (Lipinski definition) is 2. The minimum Gasteiger partial charge on any atom is -0.341 e. The number of aromatic nitrogens is 1. The first-order chi connectivity index (χ1) is 16.7. The number of allylic oxidation sites excluding steroid dienone is 2. The average molecular weight is 503 g/mol. The first-order valence-corrected chi connectivity index (χ1v) is 11.4. The largest absolute Gasteiger partial charge is 0.416 e. The summed E-state index contributed by atoms with van der Waals surface area (Å²) in [5.74, 6) is -0.649. The van der Waals surface area contributed by atoms with Crippen LogP contribution in [0.5, 0.6) is 0 Å². The zero-order valence-corrected chi connectivity index (χ0v) is 19.6. The van der Waals surface area contributed by atoms with E-state index >= 15 is 0 Å². The minimum atomic E-state index is -4.72. The van der Waals surface area contributed by atoms with Gasteiger partial charge in [-0.05, 0) is 67.3 Å². The number of halogens is 5. The van der Waals surface area contributed by atoms with Gasteiger partial charge >= 0.3 is 6.18 Å². The molecule has 0 amide bonds. The van der Waals surface area contributed by atoms with E-state index < -0.39 is 23.1 Å². The molecule has 35 heavy (non-hydrogen) atoms. The molecule has 0 radical (unpaired) electrons. The fraction of sp³-hybridized carbons (Fsp3) is 0.231. The second kappa shape index (κ2) is 10.1. The third-order valence-electron chi connectivity index (χ3n) is 5.81. The zero-order chi connectivity index (χ0) is 25.1. The van der Waals surface area contributed by atoms with Crippen molar-refractivity contribution in [2.24, 2.45) is 4.99 Å². The van der Waals surface area contributed by atoms with E-state index in [4.69, 9.17) is 11.6 Å². The number of guanidine groups is 1. The highest BCUT2D eigenvalue weighted by Gasteiger charge is 2.40. The molecule has 1 unspecified atom stereocenters. The Morgan fingerprint density at radius 3 is 2.57 bits per heavy atom. The number of benzene rings is 2. The second-order valence-corrected chi connectivity index (χ2v) is 8.61. The lowest BCUT2D eigenvalue weighted by molar-refractivity contribution is -0.137. The normalized spacial score (nSPS) is 15.2. The van der Waals surface area contributed by atoms with Crippen molar-refractivity contribution < 1.29 is 17.6 Å². The Bertz CT molecular complexity index is 1250. The Morgan fingerprint density at radius 1 is 1.09 bits per heavy atom. The van der Waals surface area contributed by atoms with E-state index in [0.717, 1.165) is 23.4 Å². The third kappa shape index (κ3) is 5.48. The molecule has 1 aliphatic heterocycles. The predicted octanol–water partition coefficient (Wildman–Crippen LogP) is 7.06. The van der Waals surface area contributed by atoms with Crippen molar-refractivity contribution in [1.82, 2.24) is 10.3 Å². The van der Waals surface area contributed by atoms with Gasteiger partial charge in [-0.1, -0.05) is 42.0 Å². The van der Waals surface area contributed by atoms with Crippen molar-refractivity contribution >= 4 is 23.2 Å². The lowest BCUT2D eigenvalue weighted by Crippen LogP contribution is -2.50. The maximum atomic E-state index is 14.6. The number of anilines is 1. The first kappa shape index (κ1) is 24.7. The molecule has 0 spiro atoms. The summed E-state index contributed by atoms with van der Waals surface area (Å²) in [7, 11) is 0. The Kier molecular flexibility index (Phi) is 7.12. The van der Waals surface area contributed by atoms with Crippen LogP contribution in [0.3, 0.4) is 0 Å². The van der Waals surface area contributed by atoms with Crippen molar-refractivity contribution in [3.8, 4) is 0 Å². The van der Waals surface area contributed by atoms with E-state index in [0.29, 0.717) is 35.7 Å². The molecule has 0 fully saturated rings. The van der Waals surface area contributed by atoms with Gasteiger partial charge in [0, 0.05) is 11.9 Å². The molecule has 2 heterocycles.